The Morgan fingerprint density at radius 3 is 1.83 bits per heavy atom. The minimum atomic E-state index is -2.98. The Morgan fingerprint density at radius 2 is 1.30 bits per heavy atom. The third kappa shape index (κ3) is 3.05. The summed E-state index contributed by atoms with van der Waals surface area (Å²) in [4.78, 5) is 0. The predicted molar refractivity (Wildman–Crippen MR) is 107 cm³/mol. The van der Waals surface area contributed by atoms with Crippen molar-refractivity contribution in [3.8, 4) is 0 Å². The second kappa shape index (κ2) is 6.51. The van der Waals surface area contributed by atoms with Crippen LogP contribution in [-0.2, 0) is 0 Å². The number of rotatable bonds is 5. The van der Waals surface area contributed by atoms with Crippen LogP contribution >= 0.6 is 17.6 Å². The van der Waals surface area contributed by atoms with E-state index < -0.39 is 6.41 Å². The van der Waals surface area contributed by atoms with Gasteiger partial charge in [0.2, 0.25) is 0 Å². The maximum atomic E-state index is 7.29. The van der Waals surface area contributed by atoms with Crippen molar-refractivity contribution in [2.75, 3.05) is 42.3 Å². The zero-order chi connectivity index (χ0) is 17.3. The SMILES string of the molecule is CN(C)P(Cl)(/C=C/c1ccc2ccccc2c1)(N(C)C)N(C)C. The molecule has 0 unspecified atom stereocenters. The van der Waals surface area contributed by atoms with Crippen LogP contribution in [0.3, 0.4) is 0 Å². The topological polar surface area (TPSA) is 9.72 Å². The standard InChI is InChI=1S/C18H27ClN3P/c1-20(2)23(19,21(3)4,22(5)6)14-13-16-11-12-17-9-7-8-10-18(17)15-16/h7-15H,1-6H3/b14-13+. The third-order valence-electron chi connectivity index (χ3n) is 4.52. The van der Waals surface area contributed by atoms with Crippen LogP contribution in [0.25, 0.3) is 16.8 Å². The molecule has 0 heterocycles. The Hall–Kier alpha value is -0.960. The van der Waals surface area contributed by atoms with Crippen molar-refractivity contribution in [1.82, 2.24) is 14.0 Å². The summed E-state index contributed by atoms with van der Waals surface area (Å²) in [5.74, 6) is 2.16. The second-order valence-corrected chi connectivity index (χ2v) is 12.9. The molecule has 2 aromatic carbocycles. The van der Waals surface area contributed by atoms with Crippen LogP contribution in [0.5, 0.6) is 0 Å². The first kappa shape index (κ1) is 18.4. The van der Waals surface area contributed by atoms with Gasteiger partial charge in [-0.1, -0.05) is 0 Å². The van der Waals surface area contributed by atoms with Crippen molar-refractivity contribution < 1.29 is 0 Å². The van der Waals surface area contributed by atoms with E-state index in [-0.39, 0.29) is 0 Å². The van der Waals surface area contributed by atoms with Gasteiger partial charge in [0.25, 0.3) is 0 Å². The van der Waals surface area contributed by atoms with Gasteiger partial charge in [-0.2, -0.15) is 0 Å². The summed E-state index contributed by atoms with van der Waals surface area (Å²) < 4.78 is 6.39. The molecule has 0 aliphatic carbocycles. The predicted octanol–water partition coefficient (Wildman–Crippen LogP) is 4.95. The van der Waals surface area contributed by atoms with Crippen molar-refractivity contribution in [2.45, 2.75) is 0 Å². The molecule has 0 fully saturated rings. The maximum absolute atomic E-state index is 7.29. The van der Waals surface area contributed by atoms with Crippen LogP contribution < -0.4 is 0 Å². The quantitative estimate of drug-likeness (QED) is 0.706. The number of benzene rings is 2. The molecule has 0 aliphatic heterocycles. The Labute approximate surface area is 145 Å². The number of halogens is 1. The molecular formula is C18H27ClN3P. The monoisotopic (exact) mass is 351 g/mol. The van der Waals surface area contributed by atoms with Crippen LogP contribution in [0, 0.1) is 0 Å². The molecule has 0 saturated carbocycles. The van der Waals surface area contributed by atoms with Gasteiger partial charge >= 0.3 is 145 Å². The van der Waals surface area contributed by atoms with Crippen LogP contribution in [0.4, 0.5) is 0 Å². The fourth-order valence-corrected chi connectivity index (χ4v) is 6.54. The molecule has 0 radical (unpaired) electrons. The van der Waals surface area contributed by atoms with Crippen LogP contribution in [-0.4, -0.2) is 56.3 Å². The first-order valence-corrected chi connectivity index (χ1v) is 10.7. The molecule has 5 heteroatoms. The first-order valence-electron chi connectivity index (χ1n) is 7.65. The fourth-order valence-electron chi connectivity index (χ4n) is 3.00. The molecule has 23 heavy (non-hydrogen) atoms. The zero-order valence-corrected chi connectivity index (χ0v) is 16.5. The molecule has 0 bridgehead atoms. The summed E-state index contributed by atoms with van der Waals surface area (Å²) >= 11 is 7.29. The minimum absolute atomic E-state index is 1.16. The zero-order valence-electron chi connectivity index (χ0n) is 14.9. The van der Waals surface area contributed by atoms with Gasteiger partial charge in [-0.25, -0.2) is 0 Å². The third-order valence-corrected chi connectivity index (χ3v) is 12.7. The van der Waals surface area contributed by atoms with E-state index in [1.807, 2.05) is 42.3 Å². The summed E-state index contributed by atoms with van der Waals surface area (Å²) in [6, 6.07) is 14.9. The molecule has 0 atom stereocenters. The number of hydrogen-bond acceptors (Lipinski definition) is 3. The van der Waals surface area contributed by atoms with E-state index in [1.165, 1.54) is 10.8 Å². The van der Waals surface area contributed by atoms with E-state index in [0.29, 0.717) is 0 Å². The van der Waals surface area contributed by atoms with Crippen molar-refractivity contribution in [1.29, 1.82) is 0 Å². The molecule has 0 aromatic heterocycles. The Bertz CT molecular complexity index is 701. The molecule has 0 amide bonds. The fraction of sp³-hybridized carbons (Fsp3) is 0.333. The van der Waals surface area contributed by atoms with Gasteiger partial charge in [0.1, 0.15) is 0 Å². The van der Waals surface area contributed by atoms with Crippen LogP contribution in [0.15, 0.2) is 48.3 Å². The Kier molecular flexibility index (Phi) is 5.20. The summed E-state index contributed by atoms with van der Waals surface area (Å²) in [5.41, 5.74) is 1.16. The summed E-state index contributed by atoms with van der Waals surface area (Å²) in [7, 11) is 12.2. The Balaban J connectivity index is 2.52. The van der Waals surface area contributed by atoms with E-state index in [4.69, 9.17) is 11.2 Å². The van der Waals surface area contributed by atoms with Gasteiger partial charge in [0, 0.05) is 0 Å². The summed E-state index contributed by atoms with van der Waals surface area (Å²) in [6.45, 7) is 0. The van der Waals surface area contributed by atoms with Gasteiger partial charge in [0.15, 0.2) is 0 Å². The average Bonchev–Trinajstić information content (AvgIpc) is 2.51. The van der Waals surface area contributed by atoms with Crippen molar-refractivity contribution in [3.63, 3.8) is 0 Å². The Morgan fingerprint density at radius 1 is 0.783 bits per heavy atom. The van der Waals surface area contributed by atoms with E-state index in [1.54, 1.807) is 0 Å². The summed E-state index contributed by atoms with van der Waals surface area (Å²) in [5, 5.41) is 2.49. The van der Waals surface area contributed by atoms with E-state index in [2.05, 4.69) is 68.4 Å². The molecule has 0 spiro atoms. The number of hydrogen-bond donors (Lipinski definition) is 0. The molecule has 2 rings (SSSR count). The first-order chi connectivity index (χ1) is 10.7. The molecule has 2 aromatic rings. The van der Waals surface area contributed by atoms with Crippen molar-refractivity contribution in [2.24, 2.45) is 0 Å². The van der Waals surface area contributed by atoms with E-state index >= 15 is 0 Å². The molecule has 0 N–H and O–H groups in total. The summed E-state index contributed by atoms with van der Waals surface area (Å²) in [6.07, 6.45) is -0.842. The van der Waals surface area contributed by atoms with Crippen LogP contribution in [0.1, 0.15) is 5.56 Å². The van der Waals surface area contributed by atoms with Crippen molar-refractivity contribution >= 4 is 34.5 Å². The average molecular weight is 352 g/mol. The normalized spacial score (nSPS) is 15.0. The van der Waals surface area contributed by atoms with Gasteiger partial charge < -0.3 is 0 Å². The molecule has 126 valence electrons. The number of fused-ring (bicyclic) bond motifs is 1. The molecule has 0 aliphatic rings. The van der Waals surface area contributed by atoms with Gasteiger partial charge in [-0.3, -0.25) is 0 Å². The van der Waals surface area contributed by atoms with E-state index in [9.17, 15) is 0 Å². The number of nitrogens with zero attached hydrogens (tertiary/aromatic N) is 3. The van der Waals surface area contributed by atoms with Gasteiger partial charge in [0.05, 0.1) is 0 Å². The van der Waals surface area contributed by atoms with Crippen LogP contribution in [0.2, 0.25) is 0 Å². The molecular weight excluding hydrogens is 325 g/mol. The van der Waals surface area contributed by atoms with Gasteiger partial charge in [-0.15, -0.1) is 0 Å². The van der Waals surface area contributed by atoms with E-state index in [0.717, 1.165) is 5.56 Å². The molecule has 0 saturated heterocycles. The second-order valence-electron chi connectivity index (χ2n) is 6.40. The molecule has 3 nitrogen and oxygen atoms in total. The van der Waals surface area contributed by atoms with Gasteiger partial charge in [-0.05, 0) is 0 Å². The van der Waals surface area contributed by atoms with Crippen molar-refractivity contribution in [3.05, 3.63) is 53.8 Å².